The highest BCUT2D eigenvalue weighted by Crippen LogP contribution is 2.15. The van der Waals surface area contributed by atoms with Crippen LogP contribution in [0.25, 0.3) is 0 Å². The van der Waals surface area contributed by atoms with Crippen LogP contribution in [0.3, 0.4) is 0 Å². The molecule has 0 heterocycles. The zero-order chi connectivity index (χ0) is 11.3. The maximum atomic E-state index is 5.89. The third kappa shape index (κ3) is 4.18. The van der Waals surface area contributed by atoms with Crippen LogP contribution >= 0.6 is 23.2 Å². The minimum atomic E-state index is -1.26. The van der Waals surface area contributed by atoms with E-state index in [4.69, 9.17) is 23.2 Å². The molecule has 1 aromatic carbocycles. The number of rotatable bonds is 5. The van der Waals surface area contributed by atoms with E-state index in [-0.39, 0.29) is 0 Å². The number of benzene rings is 1. The molecule has 3 heteroatoms. The van der Waals surface area contributed by atoms with Crippen molar-refractivity contribution >= 4 is 36.5 Å². The van der Waals surface area contributed by atoms with E-state index in [1.54, 1.807) is 0 Å². The molecule has 0 spiro atoms. The van der Waals surface area contributed by atoms with Gasteiger partial charge in [-0.3, -0.25) is 0 Å². The fourth-order valence-electron chi connectivity index (χ4n) is 1.71. The van der Waals surface area contributed by atoms with E-state index in [2.05, 4.69) is 25.2 Å². The summed E-state index contributed by atoms with van der Waals surface area (Å²) in [5, 5.41) is 2.31. The van der Waals surface area contributed by atoms with Crippen LogP contribution in [0, 0.1) is 0 Å². The molecular formula is C12H18Cl2Si. The average Bonchev–Trinajstić information content (AvgIpc) is 2.18. The number of halogens is 2. The third-order valence-electron chi connectivity index (χ3n) is 2.81. The van der Waals surface area contributed by atoms with Crippen LogP contribution in [0.1, 0.15) is 12.8 Å². The quantitative estimate of drug-likeness (QED) is 0.422. The summed E-state index contributed by atoms with van der Waals surface area (Å²) in [4.78, 5) is 0. The Morgan fingerprint density at radius 1 is 1.07 bits per heavy atom. The Balaban J connectivity index is 2.63. The van der Waals surface area contributed by atoms with Gasteiger partial charge in [0.25, 0.3) is 0 Å². The summed E-state index contributed by atoms with van der Waals surface area (Å²) in [6.45, 7) is 4.81. The molecule has 0 radical (unpaired) electrons. The predicted molar refractivity (Wildman–Crippen MR) is 73.3 cm³/mol. The first kappa shape index (κ1) is 13.1. The normalized spacial score (nSPS) is 11.7. The van der Waals surface area contributed by atoms with Crippen molar-refractivity contribution in [3.63, 3.8) is 0 Å². The molecular weight excluding hydrogens is 243 g/mol. The molecule has 0 saturated heterocycles. The average molecular weight is 261 g/mol. The van der Waals surface area contributed by atoms with E-state index in [1.165, 1.54) is 17.7 Å². The fraction of sp³-hybridized carbons (Fsp3) is 0.500. The van der Waals surface area contributed by atoms with Crippen LogP contribution in [0.2, 0.25) is 24.2 Å². The molecule has 0 fully saturated rings. The van der Waals surface area contributed by atoms with Crippen molar-refractivity contribution in [1.82, 2.24) is 0 Å². The smallest absolute Gasteiger partial charge is 0.0806 e. The lowest BCUT2D eigenvalue weighted by atomic mass is 10.4. The second kappa shape index (κ2) is 5.93. The van der Waals surface area contributed by atoms with Crippen molar-refractivity contribution in [3.05, 3.63) is 29.3 Å². The van der Waals surface area contributed by atoms with Gasteiger partial charge >= 0.3 is 0 Å². The summed E-state index contributed by atoms with van der Waals surface area (Å²) in [5.74, 6) is 0.783. The molecule has 1 aromatic rings. The topological polar surface area (TPSA) is 0 Å². The third-order valence-corrected chi connectivity index (χ3v) is 6.83. The molecule has 0 aliphatic heterocycles. The Morgan fingerprint density at radius 3 is 2.20 bits per heavy atom. The molecule has 0 N–H and O–H groups in total. The van der Waals surface area contributed by atoms with E-state index < -0.39 is 8.07 Å². The first-order chi connectivity index (χ1) is 7.06. The molecule has 0 atom stereocenters. The van der Waals surface area contributed by atoms with Crippen molar-refractivity contribution in [1.29, 1.82) is 0 Å². The van der Waals surface area contributed by atoms with Gasteiger partial charge in [-0.25, -0.2) is 0 Å². The molecule has 0 bridgehead atoms. The largest absolute Gasteiger partial charge is 0.127 e. The molecule has 0 amide bonds. The summed E-state index contributed by atoms with van der Waals surface area (Å²) in [6, 6.07) is 9.65. The van der Waals surface area contributed by atoms with Gasteiger partial charge in [0.2, 0.25) is 0 Å². The summed E-state index contributed by atoms with van der Waals surface area (Å²) in [7, 11) is -1.26. The number of hydrogen-bond acceptors (Lipinski definition) is 0. The van der Waals surface area contributed by atoms with E-state index >= 15 is 0 Å². The van der Waals surface area contributed by atoms with Crippen molar-refractivity contribution in [3.8, 4) is 0 Å². The van der Waals surface area contributed by atoms with Gasteiger partial charge in [-0.2, -0.15) is 0 Å². The summed E-state index contributed by atoms with van der Waals surface area (Å²) in [5.41, 5.74) is 0. The minimum Gasteiger partial charge on any atom is -0.127 e. The number of alkyl halides is 1. The number of unbranched alkanes of at least 4 members (excludes halogenated alkanes) is 1. The lowest BCUT2D eigenvalue weighted by Gasteiger charge is -2.22. The van der Waals surface area contributed by atoms with Gasteiger partial charge in [-0.05, 0) is 18.6 Å². The maximum Gasteiger partial charge on any atom is 0.0806 e. The lowest BCUT2D eigenvalue weighted by Crippen LogP contribution is -2.40. The maximum absolute atomic E-state index is 5.89. The van der Waals surface area contributed by atoms with E-state index in [0.29, 0.717) is 0 Å². The van der Waals surface area contributed by atoms with E-state index in [0.717, 1.165) is 17.3 Å². The zero-order valence-electron chi connectivity index (χ0n) is 9.39. The molecule has 0 aliphatic rings. The van der Waals surface area contributed by atoms with Crippen LogP contribution in [0.15, 0.2) is 24.3 Å². The standard InChI is InChI=1S/C12H18Cl2Si/c1-15(2,10-4-3-9-13)12-7-5-11(14)6-8-12/h5-8H,3-4,9-10H2,1-2H3. The van der Waals surface area contributed by atoms with Gasteiger partial charge in [0.05, 0.1) is 8.07 Å². The van der Waals surface area contributed by atoms with Crippen molar-refractivity contribution in [2.75, 3.05) is 5.88 Å². The van der Waals surface area contributed by atoms with E-state index in [1.807, 2.05) is 12.1 Å². The molecule has 15 heavy (non-hydrogen) atoms. The Labute approximate surface area is 104 Å². The Bertz CT molecular complexity index is 293. The highest BCUT2D eigenvalue weighted by Gasteiger charge is 2.22. The van der Waals surface area contributed by atoms with Crippen LogP contribution in [-0.4, -0.2) is 14.0 Å². The van der Waals surface area contributed by atoms with E-state index in [9.17, 15) is 0 Å². The molecule has 0 aliphatic carbocycles. The van der Waals surface area contributed by atoms with Gasteiger partial charge in [-0.1, -0.05) is 54.5 Å². The Kier molecular flexibility index (Phi) is 5.17. The molecule has 0 unspecified atom stereocenters. The first-order valence-corrected chi connectivity index (χ1v) is 9.50. The minimum absolute atomic E-state index is 0.783. The molecule has 0 saturated carbocycles. The Morgan fingerprint density at radius 2 is 1.67 bits per heavy atom. The van der Waals surface area contributed by atoms with Gasteiger partial charge in [0, 0.05) is 10.9 Å². The highest BCUT2D eigenvalue weighted by molar-refractivity contribution is 6.89. The zero-order valence-corrected chi connectivity index (χ0v) is 11.9. The predicted octanol–water partition coefficient (Wildman–Crippen LogP) is 4.27. The van der Waals surface area contributed by atoms with Crippen molar-refractivity contribution < 1.29 is 0 Å². The Hall–Kier alpha value is 0.0169. The molecule has 0 nitrogen and oxygen atoms in total. The van der Waals surface area contributed by atoms with Crippen LogP contribution < -0.4 is 5.19 Å². The van der Waals surface area contributed by atoms with Gasteiger partial charge in [0.1, 0.15) is 0 Å². The van der Waals surface area contributed by atoms with Crippen LogP contribution in [0.5, 0.6) is 0 Å². The summed E-state index contributed by atoms with van der Waals surface area (Å²) >= 11 is 11.6. The van der Waals surface area contributed by atoms with Crippen molar-refractivity contribution in [2.45, 2.75) is 32.0 Å². The summed E-state index contributed by atoms with van der Waals surface area (Å²) < 4.78 is 0. The van der Waals surface area contributed by atoms with Gasteiger partial charge in [-0.15, -0.1) is 11.6 Å². The first-order valence-electron chi connectivity index (χ1n) is 5.38. The number of hydrogen-bond donors (Lipinski definition) is 0. The van der Waals surface area contributed by atoms with Crippen molar-refractivity contribution in [2.24, 2.45) is 0 Å². The monoisotopic (exact) mass is 260 g/mol. The molecule has 84 valence electrons. The fourth-order valence-corrected chi connectivity index (χ4v) is 4.51. The second-order valence-electron chi connectivity index (χ2n) is 4.54. The van der Waals surface area contributed by atoms with Gasteiger partial charge < -0.3 is 0 Å². The lowest BCUT2D eigenvalue weighted by molar-refractivity contribution is 0.876. The van der Waals surface area contributed by atoms with Gasteiger partial charge in [0.15, 0.2) is 0 Å². The molecule has 1 rings (SSSR count). The summed E-state index contributed by atoms with van der Waals surface area (Å²) in [6.07, 6.45) is 2.37. The SMILES string of the molecule is C[Si](C)(CCCCCl)c1ccc(Cl)cc1. The highest BCUT2D eigenvalue weighted by atomic mass is 35.5. The molecule has 0 aromatic heterocycles. The van der Waals surface area contributed by atoms with Crippen LogP contribution in [0.4, 0.5) is 0 Å². The van der Waals surface area contributed by atoms with Crippen LogP contribution in [-0.2, 0) is 0 Å². The second-order valence-corrected chi connectivity index (χ2v) is 10.2.